The van der Waals surface area contributed by atoms with E-state index in [9.17, 15) is 4.79 Å². The summed E-state index contributed by atoms with van der Waals surface area (Å²) in [4.78, 5) is 17.9. The van der Waals surface area contributed by atoms with Crippen LogP contribution >= 0.6 is 11.8 Å². The molecule has 5 nitrogen and oxygen atoms in total. The zero-order valence-electron chi connectivity index (χ0n) is 15.3. The van der Waals surface area contributed by atoms with E-state index in [4.69, 9.17) is 4.98 Å². The lowest BCUT2D eigenvalue weighted by Crippen LogP contribution is -2.25. The van der Waals surface area contributed by atoms with Crippen LogP contribution in [-0.4, -0.2) is 19.3 Å². The molecule has 0 fully saturated rings. The van der Waals surface area contributed by atoms with Gasteiger partial charge in [0.25, 0.3) is 5.56 Å². The van der Waals surface area contributed by atoms with Crippen molar-refractivity contribution in [2.24, 2.45) is 7.05 Å². The predicted molar refractivity (Wildman–Crippen MR) is 109 cm³/mol. The normalized spacial score (nSPS) is 11.2. The van der Waals surface area contributed by atoms with Crippen molar-refractivity contribution in [1.82, 2.24) is 19.3 Å². The molecule has 2 heterocycles. The Morgan fingerprint density at radius 2 is 1.74 bits per heavy atom. The lowest BCUT2D eigenvalue weighted by atomic mass is 10.2. The van der Waals surface area contributed by atoms with Crippen LogP contribution in [0.5, 0.6) is 0 Å². The van der Waals surface area contributed by atoms with Crippen LogP contribution in [0.4, 0.5) is 0 Å². The van der Waals surface area contributed by atoms with Crippen LogP contribution in [0.3, 0.4) is 0 Å². The van der Waals surface area contributed by atoms with Gasteiger partial charge < -0.3 is 0 Å². The molecule has 4 aromatic rings. The maximum Gasteiger partial charge on any atom is 0.280 e. The number of aromatic nitrogens is 4. The molecular weight excluding hydrogens is 356 g/mol. The highest BCUT2D eigenvalue weighted by atomic mass is 32.2. The summed E-state index contributed by atoms with van der Waals surface area (Å²) >= 11 is 1.58. The van der Waals surface area contributed by atoms with Gasteiger partial charge in [0.2, 0.25) is 0 Å². The molecule has 0 amide bonds. The van der Waals surface area contributed by atoms with E-state index in [0.717, 1.165) is 11.3 Å². The van der Waals surface area contributed by atoms with Crippen molar-refractivity contribution in [3.8, 4) is 0 Å². The van der Waals surface area contributed by atoms with Crippen LogP contribution in [0.2, 0.25) is 0 Å². The minimum Gasteiger partial charge on any atom is -0.281 e. The second kappa shape index (κ2) is 7.40. The molecule has 0 saturated carbocycles. The largest absolute Gasteiger partial charge is 0.281 e. The highest BCUT2D eigenvalue weighted by Crippen LogP contribution is 2.23. The van der Waals surface area contributed by atoms with Gasteiger partial charge in [-0.3, -0.25) is 14.0 Å². The molecule has 0 aliphatic heterocycles. The number of thioether (sulfide) groups is 1. The zero-order valence-corrected chi connectivity index (χ0v) is 16.1. The minimum atomic E-state index is -0.0599. The topological polar surface area (TPSA) is 52.7 Å². The van der Waals surface area contributed by atoms with Gasteiger partial charge in [0, 0.05) is 12.8 Å². The molecule has 0 radical (unpaired) electrons. The van der Waals surface area contributed by atoms with Gasteiger partial charge in [0.1, 0.15) is 5.52 Å². The molecule has 0 atom stereocenters. The van der Waals surface area contributed by atoms with Crippen molar-refractivity contribution in [2.75, 3.05) is 0 Å². The number of rotatable bonds is 5. The van der Waals surface area contributed by atoms with Crippen LogP contribution in [0.1, 0.15) is 16.7 Å². The number of benzene rings is 2. The van der Waals surface area contributed by atoms with E-state index in [1.54, 1.807) is 34.3 Å². The van der Waals surface area contributed by atoms with Crippen LogP contribution in [0.25, 0.3) is 11.0 Å². The maximum absolute atomic E-state index is 13.1. The first-order valence-corrected chi connectivity index (χ1v) is 9.75. The minimum absolute atomic E-state index is 0.0599. The second-order valence-electron chi connectivity index (χ2n) is 6.55. The van der Waals surface area contributed by atoms with E-state index in [-0.39, 0.29) is 5.56 Å². The smallest absolute Gasteiger partial charge is 0.280 e. The molecule has 6 heteroatoms. The first kappa shape index (κ1) is 17.5. The fraction of sp³-hybridized carbons (Fsp3) is 0.190. The fourth-order valence-corrected chi connectivity index (χ4v) is 3.94. The second-order valence-corrected chi connectivity index (χ2v) is 7.49. The van der Waals surface area contributed by atoms with Gasteiger partial charge >= 0.3 is 0 Å². The lowest BCUT2D eigenvalue weighted by molar-refractivity contribution is 0.651. The first-order valence-electron chi connectivity index (χ1n) is 8.76. The standard InChI is InChI=1S/C21H20N4OS/c1-15-8-10-17(11-9-15)14-27-21-23-18-12-22-24(2)19(18)20(26)25(21)13-16-6-4-3-5-7-16/h3-12H,13-14H2,1-2H3. The third-order valence-corrected chi connectivity index (χ3v) is 5.53. The number of hydrogen-bond acceptors (Lipinski definition) is 4. The van der Waals surface area contributed by atoms with Crippen molar-refractivity contribution in [2.45, 2.75) is 24.4 Å². The Kier molecular flexibility index (Phi) is 4.81. The van der Waals surface area contributed by atoms with Crippen molar-refractivity contribution in [1.29, 1.82) is 0 Å². The van der Waals surface area contributed by atoms with Crippen molar-refractivity contribution < 1.29 is 0 Å². The van der Waals surface area contributed by atoms with E-state index >= 15 is 0 Å². The van der Waals surface area contributed by atoms with E-state index in [1.807, 2.05) is 30.3 Å². The Morgan fingerprint density at radius 3 is 2.48 bits per heavy atom. The molecule has 0 unspecified atom stereocenters. The number of nitrogens with zero attached hydrogens (tertiary/aromatic N) is 4. The van der Waals surface area contributed by atoms with Gasteiger partial charge in [-0.25, -0.2) is 4.98 Å². The van der Waals surface area contributed by atoms with Gasteiger partial charge in [0.15, 0.2) is 10.7 Å². The summed E-state index contributed by atoms with van der Waals surface area (Å²) in [7, 11) is 1.78. The van der Waals surface area contributed by atoms with E-state index in [0.29, 0.717) is 22.7 Å². The van der Waals surface area contributed by atoms with Crippen molar-refractivity contribution in [3.05, 3.63) is 87.8 Å². The van der Waals surface area contributed by atoms with E-state index in [2.05, 4.69) is 36.3 Å². The fourth-order valence-electron chi connectivity index (χ4n) is 2.98. The van der Waals surface area contributed by atoms with Crippen molar-refractivity contribution >= 4 is 22.8 Å². The SMILES string of the molecule is Cc1ccc(CSc2nc3cnn(C)c3c(=O)n2Cc2ccccc2)cc1. The third kappa shape index (κ3) is 3.66. The summed E-state index contributed by atoms with van der Waals surface area (Å²) in [6.07, 6.45) is 1.65. The summed E-state index contributed by atoms with van der Waals surface area (Å²) in [6, 6.07) is 18.4. The van der Waals surface area contributed by atoms with Crippen LogP contribution in [-0.2, 0) is 19.3 Å². The van der Waals surface area contributed by atoms with Crippen LogP contribution in [0, 0.1) is 6.92 Å². The molecule has 2 aromatic heterocycles. The van der Waals surface area contributed by atoms with Crippen LogP contribution < -0.4 is 5.56 Å². The van der Waals surface area contributed by atoms with Gasteiger partial charge in [-0.15, -0.1) is 0 Å². The predicted octanol–water partition coefficient (Wildman–Crippen LogP) is 3.78. The Balaban J connectivity index is 1.74. The highest BCUT2D eigenvalue weighted by Gasteiger charge is 2.15. The number of fused-ring (bicyclic) bond motifs is 1. The molecule has 2 aromatic carbocycles. The van der Waals surface area contributed by atoms with Crippen molar-refractivity contribution in [3.63, 3.8) is 0 Å². The molecule has 0 N–H and O–H groups in total. The van der Waals surface area contributed by atoms with Crippen LogP contribution in [0.15, 0.2) is 70.7 Å². The molecule has 4 rings (SSSR count). The Hall–Kier alpha value is -2.86. The molecular formula is C21H20N4OS. The summed E-state index contributed by atoms with van der Waals surface area (Å²) < 4.78 is 3.35. The number of hydrogen-bond donors (Lipinski definition) is 0. The molecule has 0 aliphatic rings. The zero-order chi connectivity index (χ0) is 18.8. The average Bonchev–Trinajstić information content (AvgIpc) is 3.05. The summed E-state index contributed by atoms with van der Waals surface area (Å²) in [6.45, 7) is 2.57. The van der Waals surface area contributed by atoms with Gasteiger partial charge in [-0.1, -0.05) is 71.9 Å². The molecule has 0 saturated heterocycles. The number of aryl methyl sites for hydroxylation is 2. The van der Waals surface area contributed by atoms with E-state index in [1.165, 1.54) is 11.1 Å². The van der Waals surface area contributed by atoms with E-state index < -0.39 is 0 Å². The Bertz CT molecular complexity index is 1130. The Labute approximate surface area is 161 Å². The first-order chi connectivity index (χ1) is 13.1. The monoisotopic (exact) mass is 376 g/mol. The van der Waals surface area contributed by atoms with Gasteiger partial charge in [-0.05, 0) is 18.1 Å². The molecule has 0 spiro atoms. The van der Waals surface area contributed by atoms with Gasteiger partial charge in [-0.2, -0.15) is 5.10 Å². The lowest BCUT2D eigenvalue weighted by Gasteiger charge is -2.12. The highest BCUT2D eigenvalue weighted by molar-refractivity contribution is 7.98. The quantitative estimate of drug-likeness (QED) is 0.393. The van der Waals surface area contributed by atoms with Gasteiger partial charge in [0.05, 0.1) is 12.7 Å². The molecule has 27 heavy (non-hydrogen) atoms. The molecule has 136 valence electrons. The molecule has 0 bridgehead atoms. The summed E-state index contributed by atoms with van der Waals surface area (Å²) in [5.41, 5.74) is 4.62. The summed E-state index contributed by atoms with van der Waals surface area (Å²) in [5.74, 6) is 0.757. The molecule has 0 aliphatic carbocycles. The third-order valence-electron chi connectivity index (χ3n) is 4.49. The summed E-state index contributed by atoms with van der Waals surface area (Å²) in [5, 5.41) is 4.92. The maximum atomic E-state index is 13.1. The Morgan fingerprint density at radius 1 is 1.00 bits per heavy atom. The average molecular weight is 376 g/mol.